The lowest BCUT2D eigenvalue weighted by Gasteiger charge is -2.45. The van der Waals surface area contributed by atoms with Crippen LogP contribution in [0.2, 0.25) is 0 Å². The number of anilines is 1. The van der Waals surface area contributed by atoms with Crippen LogP contribution in [0.3, 0.4) is 0 Å². The predicted octanol–water partition coefficient (Wildman–Crippen LogP) is 1.28. The normalized spacial score (nSPS) is 19.0. The Hall–Kier alpha value is -1.57. The predicted molar refractivity (Wildman–Crippen MR) is 89.8 cm³/mol. The minimum Gasteiger partial charge on any atom is -0.385 e. The highest BCUT2D eigenvalue weighted by Crippen LogP contribution is 2.27. The second-order valence-electron chi connectivity index (χ2n) is 6.46. The van der Waals surface area contributed by atoms with Crippen molar-refractivity contribution in [2.45, 2.75) is 31.4 Å². The molecule has 1 saturated heterocycles. The second-order valence-corrected chi connectivity index (χ2v) is 7.17. The van der Waals surface area contributed by atoms with E-state index in [1.165, 1.54) is 29.0 Å². The fourth-order valence-electron chi connectivity index (χ4n) is 3.29. The molecule has 1 atom stereocenters. The molecular formula is C16H21N5OS. The Bertz CT molecular complexity index is 671. The largest absolute Gasteiger partial charge is 0.385 e. The molecular weight excluding hydrogens is 310 g/mol. The average molecular weight is 331 g/mol. The Morgan fingerprint density at radius 3 is 3.04 bits per heavy atom. The van der Waals surface area contributed by atoms with Gasteiger partial charge in [-0.3, -0.25) is 4.90 Å². The number of nitrogens with zero attached hydrogens (tertiary/aromatic N) is 5. The maximum atomic E-state index is 10.2. The van der Waals surface area contributed by atoms with Gasteiger partial charge < -0.3 is 10.0 Å². The molecule has 2 aliphatic rings. The van der Waals surface area contributed by atoms with Crippen LogP contribution in [0.4, 0.5) is 5.82 Å². The lowest BCUT2D eigenvalue weighted by Crippen LogP contribution is -2.59. The van der Waals surface area contributed by atoms with Crippen molar-refractivity contribution in [2.24, 2.45) is 0 Å². The smallest absolute Gasteiger partial charge is 0.151 e. The highest BCUT2D eigenvalue weighted by molar-refractivity contribution is 7.07. The van der Waals surface area contributed by atoms with Crippen LogP contribution < -0.4 is 4.90 Å². The van der Waals surface area contributed by atoms with Crippen LogP contribution in [-0.4, -0.2) is 57.9 Å². The average Bonchev–Trinajstić information content (AvgIpc) is 3.16. The lowest BCUT2D eigenvalue weighted by atomic mass is 10.1. The number of hydrogen-bond acceptors (Lipinski definition) is 7. The molecule has 7 heteroatoms. The molecule has 6 nitrogen and oxygen atoms in total. The summed E-state index contributed by atoms with van der Waals surface area (Å²) >= 11 is 1.52. The molecule has 2 aromatic heterocycles. The Morgan fingerprint density at radius 2 is 2.26 bits per heavy atom. The first-order valence-electron chi connectivity index (χ1n) is 8.07. The van der Waals surface area contributed by atoms with E-state index >= 15 is 0 Å². The molecule has 1 aliphatic heterocycles. The molecule has 0 radical (unpaired) electrons. The molecule has 0 aromatic carbocycles. The van der Waals surface area contributed by atoms with E-state index in [2.05, 4.69) is 38.1 Å². The summed E-state index contributed by atoms with van der Waals surface area (Å²) in [6.07, 6.45) is 2.89. The Kier molecular flexibility index (Phi) is 4.00. The van der Waals surface area contributed by atoms with E-state index < -0.39 is 6.10 Å². The van der Waals surface area contributed by atoms with Gasteiger partial charge in [0, 0.05) is 31.1 Å². The monoisotopic (exact) mass is 331 g/mol. The fraction of sp³-hybridized carbons (Fsp3) is 0.562. The van der Waals surface area contributed by atoms with E-state index in [9.17, 15) is 5.11 Å². The minimum absolute atomic E-state index is 0.443. The number of aryl methyl sites for hydroxylation is 2. The highest BCUT2D eigenvalue weighted by atomic mass is 32.1. The standard InChI is InChI=1S/C16H21N5OS/c1-20(8-15(22)14-9-23-10-17-14)12-6-21(7-12)16-5-11-3-2-4-13(11)18-19-16/h5,9-10,12,15,22H,2-4,6-8H2,1H3. The molecule has 3 heterocycles. The molecule has 1 fully saturated rings. The van der Waals surface area contributed by atoms with Crippen LogP contribution >= 0.6 is 11.3 Å². The van der Waals surface area contributed by atoms with Gasteiger partial charge in [0.05, 0.1) is 16.9 Å². The molecule has 2 aromatic rings. The number of aliphatic hydroxyl groups is 1. The molecule has 4 rings (SSSR count). The van der Waals surface area contributed by atoms with Gasteiger partial charge in [-0.2, -0.15) is 5.10 Å². The third kappa shape index (κ3) is 2.96. The van der Waals surface area contributed by atoms with Crippen molar-refractivity contribution >= 4 is 17.2 Å². The Balaban J connectivity index is 1.32. The van der Waals surface area contributed by atoms with Crippen molar-refractivity contribution in [1.29, 1.82) is 0 Å². The first-order chi connectivity index (χ1) is 11.2. The van der Waals surface area contributed by atoms with Crippen LogP contribution in [0.5, 0.6) is 0 Å². The third-order valence-corrected chi connectivity index (χ3v) is 5.47. The Labute approximate surface area is 139 Å². The van der Waals surface area contributed by atoms with Crippen molar-refractivity contribution in [3.05, 3.63) is 33.9 Å². The van der Waals surface area contributed by atoms with Gasteiger partial charge in [-0.1, -0.05) is 0 Å². The quantitative estimate of drug-likeness (QED) is 0.890. The molecule has 0 saturated carbocycles. The number of thiazole rings is 1. The number of likely N-dealkylation sites (N-methyl/N-ethyl adjacent to an activating group) is 1. The fourth-order valence-corrected chi connectivity index (χ4v) is 3.90. The van der Waals surface area contributed by atoms with Crippen LogP contribution in [0, 0.1) is 0 Å². The van der Waals surface area contributed by atoms with Crippen molar-refractivity contribution < 1.29 is 5.11 Å². The van der Waals surface area contributed by atoms with Gasteiger partial charge in [0.25, 0.3) is 0 Å². The number of rotatable bonds is 5. The Morgan fingerprint density at radius 1 is 1.39 bits per heavy atom. The number of aromatic nitrogens is 3. The summed E-state index contributed by atoms with van der Waals surface area (Å²) in [6, 6.07) is 2.65. The van der Waals surface area contributed by atoms with Gasteiger partial charge in [-0.05, 0) is 37.9 Å². The summed E-state index contributed by atoms with van der Waals surface area (Å²) < 4.78 is 0. The first-order valence-corrected chi connectivity index (χ1v) is 9.02. The van der Waals surface area contributed by atoms with Gasteiger partial charge in [0.15, 0.2) is 5.82 Å². The molecule has 122 valence electrons. The van der Waals surface area contributed by atoms with E-state index in [0.717, 1.165) is 37.4 Å². The number of fused-ring (bicyclic) bond motifs is 1. The van der Waals surface area contributed by atoms with E-state index in [1.54, 1.807) is 5.51 Å². The second kappa shape index (κ2) is 6.14. The van der Waals surface area contributed by atoms with Crippen molar-refractivity contribution in [3.8, 4) is 0 Å². The van der Waals surface area contributed by atoms with Crippen LogP contribution in [0.15, 0.2) is 17.0 Å². The molecule has 1 unspecified atom stereocenters. The summed E-state index contributed by atoms with van der Waals surface area (Å²) in [5.74, 6) is 0.996. The zero-order valence-corrected chi connectivity index (χ0v) is 14.0. The number of hydrogen-bond donors (Lipinski definition) is 1. The molecule has 23 heavy (non-hydrogen) atoms. The third-order valence-electron chi connectivity index (χ3n) is 4.87. The maximum absolute atomic E-state index is 10.2. The van der Waals surface area contributed by atoms with Crippen LogP contribution in [-0.2, 0) is 12.8 Å². The van der Waals surface area contributed by atoms with Gasteiger partial charge in [0.1, 0.15) is 6.10 Å². The molecule has 0 bridgehead atoms. The zero-order valence-electron chi connectivity index (χ0n) is 13.2. The summed E-state index contributed by atoms with van der Waals surface area (Å²) in [7, 11) is 2.06. The summed E-state index contributed by atoms with van der Waals surface area (Å²) in [6.45, 7) is 2.49. The summed E-state index contributed by atoms with van der Waals surface area (Å²) in [5.41, 5.74) is 5.07. The van der Waals surface area contributed by atoms with Gasteiger partial charge in [0.2, 0.25) is 0 Å². The highest BCUT2D eigenvalue weighted by Gasteiger charge is 2.32. The molecule has 0 spiro atoms. The van der Waals surface area contributed by atoms with Crippen molar-refractivity contribution in [1.82, 2.24) is 20.1 Å². The molecule has 0 amide bonds. The molecule has 1 N–H and O–H groups in total. The van der Waals surface area contributed by atoms with Gasteiger partial charge >= 0.3 is 0 Å². The van der Waals surface area contributed by atoms with Crippen molar-refractivity contribution in [2.75, 3.05) is 31.6 Å². The van der Waals surface area contributed by atoms with E-state index in [0.29, 0.717) is 12.6 Å². The number of aliphatic hydroxyl groups excluding tert-OH is 1. The maximum Gasteiger partial charge on any atom is 0.151 e. The van der Waals surface area contributed by atoms with Gasteiger partial charge in [-0.25, -0.2) is 4.98 Å². The summed E-state index contributed by atoms with van der Waals surface area (Å²) in [4.78, 5) is 8.66. The van der Waals surface area contributed by atoms with Crippen LogP contribution in [0.25, 0.3) is 0 Å². The van der Waals surface area contributed by atoms with Crippen molar-refractivity contribution in [3.63, 3.8) is 0 Å². The molecule has 1 aliphatic carbocycles. The lowest BCUT2D eigenvalue weighted by molar-refractivity contribution is 0.0922. The van der Waals surface area contributed by atoms with Crippen LogP contribution in [0.1, 0.15) is 29.5 Å². The first kappa shape index (κ1) is 15.0. The minimum atomic E-state index is -0.514. The topological polar surface area (TPSA) is 65.4 Å². The van der Waals surface area contributed by atoms with E-state index in [1.807, 2.05) is 5.38 Å². The summed E-state index contributed by atoms with van der Waals surface area (Å²) in [5, 5.41) is 20.8. The zero-order chi connectivity index (χ0) is 15.8. The SMILES string of the molecule is CN(CC(O)c1cscn1)C1CN(c2cc3c(nn2)CCC3)C1. The van der Waals surface area contributed by atoms with E-state index in [4.69, 9.17) is 0 Å². The van der Waals surface area contributed by atoms with E-state index in [-0.39, 0.29) is 0 Å². The van der Waals surface area contributed by atoms with Gasteiger partial charge in [-0.15, -0.1) is 16.4 Å².